The topological polar surface area (TPSA) is 60.5 Å². The van der Waals surface area contributed by atoms with Crippen LogP contribution in [0.5, 0.6) is 0 Å². The van der Waals surface area contributed by atoms with Crippen LogP contribution in [-0.2, 0) is 11.3 Å². The minimum absolute atomic E-state index is 0.200. The van der Waals surface area contributed by atoms with Gasteiger partial charge in [-0.1, -0.05) is 18.2 Å². The Bertz CT molecular complexity index is 868. The van der Waals surface area contributed by atoms with Crippen molar-refractivity contribution in [3.05, 3.63) is 53.8 Å². The Kier molecular flexibility index (Phi) is 5.85. The van der Waals surface area contributed by atoms with E-state index >= 15 is 0 Å². The minimum atomic E-state index is 0.200. The van der Waals surface area contributed by atoms with Gasteiger partial charge in [0.05, 0.1) is 25.4 Å². The Labute approximate surface area is 167 Å². The molecule has 3 heterocycles. The molecule has 1 aromatic carbocycles. The van der Waals surface area contributed by atoms with Crippen molar-refractivity contribution >= 4 is 16.6 Å². The quantitative estimate of drug-likeness (QED) is 0.688. The molecule has 0 bridgehead atoms. The van der Waals surface area contributed by atoms with Gasteiger partial charge >= 0.3 is 0 Å². The third-order valence-corrected chi connectivity index (χ3v) is 5.63. The first-order chi connectivity index (χ1) is 13.6. The summed E-state index contributed by atoms with van der Waals surface area (Å²) in [5.74, 6) is 0. The number of aromatic nitrogens is 1. The van der Waals surface area contributed by atoms with Gasteiger partial charge in [-0.3, -0.25) is 4.90 Å². The van der Waals surface area contributed by atoms with E-state index in [9.17, 15) is 5.11 Å². The molecule has 1 unspecified atom stereocenters. The van der Waals surface area contributed by atoms with Crippen molar-refractivity contribution in [3.8, 4) is 0 Å². The molecule has 1 fully saturated rings. The summed E-state index contributed by atoms with van der Waals surface area (Å²) in [6.07, 6.45) is 8.87. The molecule has 2 aromatic rings. The number of aromatic amines is 1. The summed E-state index contributed by atoms with van der Waals surface area (Å²) >= 11 is 0. The number of aliphatic hydroxyl groups excluding tert-OH is 1. The lowest BCUT2D eigenvalue weighted by Crippen LogP contribution is -2.33. The van der Waals surface area contributed by atoms with Gasteiger partial charge in [-0.25, -0.2) is 0 Å². The van der Waals surface area contributed by atoms with Gasteiger partial charge in [-0.15, -0.1) is 0 Å². The van der Waals surface area contributed by atoms with Crippen LogP contribution in [0.3, 0.4) is 0 Å². The van der Waals surface area contributed by atoms with Gasteiger partial charge in [0, 0.05) is 34.9 Å². The van der Waals surface area contributed by atoms with Crippen molar-refractivity contribution in [2.24, 2.45) is 0 Å². The second-order valence-corrected chi connectivity index (χ2v) is 8.14. The standard InChI is InChI=1S/C23H31N3O2/c1-16(2)28-15-19-5-3-7-22(24-19)17-8-9-23-18(11-17)12-20(25-23)13-26-10-4-6-21(26)14-27/h3,5,7-9,11-12,16,19,21,24-25,27H,4,6,10,13-15H2,1-2H3/t19?,21-/m1/s1. The highest BCUT2D eigenvalue weighted by atomic mass is 16.5. The van der Waals surface area contributed by atoms with Gasteiger partial charge in [0.1, 0.15) is 0 Å². The van der Waals surface area contributed by atoms with Crippen LogP contribution < -0.4 is 5.32 Å². The van der Waals surface area contributed by atoms with E-state index in [4.69, 9.17) is 4.74 Å². The molecule has 3 N–H and O–H groups in total. The third kappa shape index (κ3) is 4.32. The number of benzene rings is 1. The predicted molar refractivity (Wildman–Crippen MR) is 114 cm³/mol. The van der Waals surface area contributed by atoms with E-state index in [1.54, 1.807) is 0 Å². The van der Waals surface area contributed by atoms with Crippen molar-refractivity contribution in [2.75, 3.05) is 19.8 Å². The van der Waals surface area contributed by atoms with Gasteiger partial charge < -0.3 is 20.1 Å². The predicted octanol–water partition coefficient (Wildman–Crippen LogP) is 3.42. The summed E-state index contributed by atoms with van der Waals surface area (Å²) in [7, 11) is 0. The molecular weight excluding hydrogens is 350 g/mol. The zero-order chi connectivity index (χ0) is 19.5. The Morgan fingerprint density at radius 2 is 2.18 bits per heavy atom. The average molecular weight is 382 g/mol. The second-order valence-electron chi connectivity index (χ2n) is 8.14. The highest BCUT2D eigenvalue weighted by Crippen LogP contribution is 2.25. The number of likely N-dealkylation sites (tertiary alicyclic amines) is 1. The van der Waals surface area contributed by atoms with Crippen LogP contribution in [0.1, 0.15) is 37.9 Å². The maximum Gasteiger partial charge on any atom is 0.0707 e. The number of dihydropyridines is 1. The molecule has 28 heavy (non-hydrogen) atoms. The summed E-state index contributed by atoms with van der Waals surface area (Å²) < 4.78 is 5.75. The molecule has 0 radical (unpaired) electrons. The lowest BCUT2D eigenvalue weighted by molar-refractivity contribution is 0.0718. The van der Waals surface area contributed by atoms with E-state index in [1.165, 1.54) is 23.1 Å². The minimum Gasteiger partial charge on any atom is -0.395 e. The van der Waals surface area contributed by atoms with E-state index in [2.05, 4.69) is 71.5 Å². The second kappa shape index (κ2) is 8.52. The van der Waals surface area contributed by atoms with Crippen LogP contribution in [0.25, 0.3) is 16.6 Å². The number of rotatable bonds is 7. The summed E-state index contributed by atoms with van der Waals surface area (Å²) in [5.41, 5.74) is 4.68. The maximum atomic E-state index is 9.55. The lowest BCUT2D eigenvalue weighted by Gasteiger charge is -2.23. The zero-order valence-corrected chi connectivity index (χ0v) is 16.8. The van der Waals surface area contributed by atoms with Gasteiger partial charge in [0.15, 0.2) is 0 Å². The third-order valence-electron chi connectivity index (χ3n) is 5.63. The van der Waals surface area contributed by atoms with Crippen molar-refractivity contribution in [1.82, 2.24) is 15.2 Å². The summed E-state index contributed by atoms with van der Waals surface area (Å²) in [6, 6.07) is 9.29. The van der Waals surface area contributed by atoms with Crippen LogP contribution in [0, 0.1) is 0 Å². The average Bonchev–Trinajstić information content (AvgIpc) is 3.32. The SMILES string of the molecule is CC(C)OCC1C=CC=C(c2ccc3[nH]c(CN4CCC[C@@H]4CO)cc3c2)N1. The summed E-state index contributed by atoms with van der Waals surface area (Å²) in [6.45, 7) is 6.98. The zero-order valence-electron chi connectivity index (χ0n) is 16.8. The molecule has 4 rings (SSSR count). The van der Waals surface area contributed by atoms with E-state index in [0.717, 1.165) is 30.7 Å². The molecule has 2 aliphatic rings. The van der Waals surface area contributed by atoms with Crippen molar-refractivity contribution in [2.45, 2.75) is 51.4 Å². The summed E-state index contributed by atoms with van der Waals surface area (Å²) in [4.78, 5) is 5.92. The number of nitrogens with zero attached hydrogens (tertiary/aromatic N) is 1. The normalized spacial score (nSPS) is 22.8. The first-order valence-electron chi connectivity index (χ1n) is 10.4. The maximum absolute atomic E-state index is 9.55. The molecule has 0 aliphatic carbocycles. The molecule has 1 saturated heterocycles. The van der Waals surface area contributed by atoms with E-state index in [-0.39, 0.29) is 18.8 Å². The lowest BCUT2D eigenvalue weighted by atomic mass is 10.1. The molecular formula is C23H31N3O2. The van der Waals surface area contributed by atoms with Gasteiger partial charge in [0.2, 0.25) is 0 Å². The molecule has 2 aliphatic heterocycles. The Morgan fingerprint density at radius 3 is 3.00 bits per heavy atom. The number of ether oxygens (including phenoxy) is 1. The number of allylic oxidation sites excluding steroid dienone is 2. The molecule has 0 spiro atoms. The number of nitrogens with one attached hydrogen (secondary N) is 2. The highest BCUT2D eigenvalue weighted by Gasteiger charge is 2.24. The van der Waals surface area contributed by atoms with Crippen LogP contribution in [-0.4, -0.2) is 52.9 Å². The van der Waals surface area contributed by atoms with Crippen molar-refractivity contribution in [3.63, 3.8) is 0 Å². The molecule has 5 heteroatoms. The fourth-order valence-corrected chi connectivity index (χ4v) is 4.13. The molecule has 5 nitrogen and oxygen atoms in total. The molecule has 0 saturated carbocycles. The fourth-order valence-electron chi connectivity index (χ4n) is 4.13. The molecule has 2 atom stereocenters. The number of fused-ring (bicyclic) bond motifs is 1. The van der Waals surface area contributed by atoms with E-state index in [0.29, 0.717) is 12.6 Å². The van der Waals surface area contributed by atoms with Gasteiger partial charge in [0.25, 0.3) is 0 Å². The summed E-state index contributed by atoms with van der Waals surface area (Å²) in [5, 5.41) is 14.3. The smallest absolute Gasteiger partial charge is 0.0707 e. The Hall–Kier alpha value is -2.08. The van der Waals surface area contributed by atoms with Crippen LogP contribution in [0.2, 0.25) is 0 Å². The molecule has 0 amide bonds. The Balaban J connectivity index is 1.47. The van der Waals surface area contributed by atoms with Gasteiger partial charge in [-0.2, -0.15) is 0 Å². The van der Waals surface area contributed by atoms with Crippen molar-refractivity contribution < 1.29 is 9.84 Å². The number of hydrogen-bond donors (Lipinski definition) is 3. The molecule has 150 valence electrons. The monoisotopic (exact) mass is 381 g/mol. The molecule has 1 aromatic heterocycles. The number of aliphatic hydroxyl groups is 1. The van der Waals surface area contributed by atoms with Crippen LogP contribution in [0.4, 0.5) is 0 Å². The first kappa shape index (κ1) is 19.2. The van der Waals surface area contributed by atoms with Crippen LogP contribution in [0.15, 0.2) is 42.5 Å². The van der Waals surface area contributed by atoms with Crippen LogP contribution >= 0.6 is 0 Å². The van der Waals surface area contributed by atoms with Gasteiger partial charge in [-0.05, 0) is 63.1 Å². The van der Waals surface area contributed by atoms with E-state index in [1.807, 2.05) is 0 Å². The fraction of sp³-hybridized carbons (Fsp3) is 0.478. The Morgan fingerprint density at radius 1 is 1.29 bits per heavy atom. The first-order valence-corrected chi connectivity index (χ1v) is 10.4. The number of H-pyrrole nitrogens is 1. The highest BCUT2D eigenvalue weighted by molar-refractivity contribution is 5.85. The largest absolute Gasteiger partial charge is 0.395 e. The number of hydrogen-bond acceptors (Lipinski definition) is 4. The van der Waals surface area contributed by atoms with E-state index < -0.39 is 0 Å². The van der Waals surface area contributed by atoms with Crippen molar-refractivity contribution in [1.29, 1.82) is 0 Å².